The molecule has 3 heterocycles. The first-order chi connectivity index (χ1) is 12.3. The van der Waals surface area contributed by atoms with E-state index in [4.69, 9.17) is 0 Å². The number of thiazole rings is 1. The van der Waals surface area contributed by atoms with Crippen molar-refractivity contribution < 1.29 is 4.79 Å². The van der Waals surface area contributed by atoms with Crippen LogP contribution in [-0.4, -0.2) is 25.5 Å². The van der Waals surface area contributed by atoms with Crippen LogP contribution in [0, 0.1) is 0 Å². The first-order valence-corrected chi connectivity index (χ1v) is 8.73. The van der Waals surface area contributed by atoms with Crippen LogP contribution >= 0.6 is 11.3 Å². The summed E-state index contributed by atoms with van der Waals surface area (Å²) in [6.07, 6.45) is 2.60. The highest BCUT2D eigenvalue weighted by molar-refractivity contribution is 7.09. The van der Waals surface area contributed by atoms with Gasteiger partial charge in [0.15, 0.2) is 11.5 Å². The van der Waals surface area contributed by atoms with Crippen LogP contribution in [-0.2, 0) is 13.0 Å². The normalized spacial score (nSPS) is 10.9. The highest BCUT2D eigenvalue weighted by Gasteiger charge is 2.12. The van der Waals surface area contributed by atoms with Crippen molar-refractivity contribution in [2.75, 3.05) is 0 Å². The lowest BCUT2D eigenvalue weighted by molar-refractivity contribution is 0.0945. The average Bonchev–Trinajstić information content (AvgIpc) is 3.28. The molecule has 124 valence electrons. The molecule has 6 nitrogen and oxygen atoms in total. The zero-order valence-corrected chi connectivity index (χ0v) is 14.1. The number of rotatable bonds is 5. The summed E-state index contributed by atoms with van der Waals surface area (Å²) in [4.78, 5) is 16.7. The number of benzene rings is 1. The topological polar surface area (TPSA) is 72.2 Å². The predicted octanol–water partition coefficient (Wildman–Crippen LogP) is 2.71. The summed E-state index contributed by atoms with van der Waals surface area (Å²) in [5, 5.41) is 13.7. The third kappa shape index (κ3) is 3.41. The zero-order chi connectivity index (χ0) is 17.1. The number of aromatic nitrogens is 4. The van der Waals surface area contributed by atoms with Gasteiger partial charge in [0, 0.05) is 18.0 Å². The molecule has 3 aromatic heterocycles. The zero-order valence-electron chi connectivity index (χ0n) is 13.3. The second-order valence-corrected chi connectivity index (χ2v) is 6.46. The van der Waals surface area contributed by atoms with E-state index in [2.05, 4.69) is 32.6 Å². The summed E-state index contributed by atoms with van der Waals surface area (Å²) in [6.45, 7) is 0.301. The molecule has 0 saturated carbocycles. The number of hydrogen-bond donors (Lipinski definition) is 1. The van der Waals surface area contributed by atoms with E-state index < -0.39 is 0 Å². The number of pyridine rings is 1. The molecule has 7 heteroatoms. The SMILES string of the molecule is O=C(NCc1nnc2ccccn12)c1csc(Cc2ccccc2)n1. The van der Waals surface area contributed by atoms with Crippen molar-refractivity contribution in [3.8, 4) is 0 Å². The minimum atomic E-state index is -0.205. The van der Waals surface area contributed by atoms with Gasteiger partial charge in [-0.3, -0.25) is 9.20 Å². The van der Waals surface area contributed by atoms with Crippen LogP contribution in [0.4, 0.5) is 0 Å². The molecule has 1 aromatic carbocycles. The number of carbonyl (C=O) groups excluding carboxylic acids is 1. The fraction of sp³-hybridized carbons (Fsp3) is 0.111. The first-order valence-electron chi connectivity index (χ1n) is 7.85. The number of carbonyl (C=O) groups is 1. The van der Waals surface area contributed by atoms with Gasteiger partial charge in [-0.15, -0.1) is 21.5 Å². The van der Waals surface area contributed by atoms with Crippen molar-refractivity contribution in [1.82, 2.24) is 24.9 Å². The van der Waals surface area contributed by atoms with Gasteiger partial charge in [-0.2, -0.15) is 0 Å². The molecule has 0 atom stereocenters. The molecule has 1 amide bonds. The molecule has 0 aliphatic heterocycles. The molecule has 4 rings (SSSR count). The van der Waals surface area contributed by atoms with Crippen LogP contribution in [0.25, 0.3) is 5.65 Å². The van der Waals surface area contributed by atoms with Gasteiger partial charge in [0.2, 0.25) is 0 Å². The minimum absolute atomic E-state index is 0.205. The minimum Gasteiger partial charge on any atom is -0.343 e. The third-order valence-electron chi connectivity index (χ3n) is 3.77. The second kappa shape index (κ2) is 6.82. The van der Waals surface area contributed by atoms with Crippen LogP contribution in [0.15, 0.2) is 60.1 Å². The van der Waals surface area contributed by atoms with Crippen molar-refractivity contribution >= 4 is 22.9 Å². The number of nitrogens with zero attached hydrogens (tertiary/aromatic N) is 4. The van der Waals surface area contributed by atoms with Crippen molar-refractivity contribution in [3.05, 3.63) is 82.2 Å². The Kier molecular flexibility index (Phi) is 4.22. The predicted molar refractivity (Wildman–Crippen MR) is 95.5 cm³/mol. The Bertz CT molecular complexity index is 1010. The number of amides is 1. The van der Waals surface area contributed by atoms with Gasteiger partial charge in [0.25, 0.3) is 5.91 Å². The third-order valence-corrected chi connectivity index (χ3v) is 4.62. The Morgan fingerprint density at radius 3 is 2.80 bits per heavy atom. The highest BCUT2D eigenvalue weighted by atomic mass is 32.1. The molecule has 0 radical (unpaired) electrons. The smallest absolute Gasteiger partial charge is 0.271 e. The van der Waals surface area contributed by atoms with E-state index in [1.54, 1.807) is 5.38 Å². The summed E-state index contributed by atoms with van der Waals surface area (Å²) in [6, 6.07) is 15.8. The van der Waals surface area contributed by atoms with Gasteiger partial charge in [-0.25, -0.2) is 4.98 Å². The fourth-order valence-corrected chi connectivity index (χ4v) is 3.34. The van der Waals surface area contributed by atoms with Gasteiger partial charge in [-0.1, -0.05) is 36.4 Å². The van der Waals surface area contributed by atoms with Gasteiger partial charge in [0.05, 0.1) is 11.6 Å². The monoisotopic (exact) mass is 349 g/mol. The molecule has 0 spiro atoms. The summed E-state index contributed by atoms with van der Waals surface area (Å²) in [5.74, 6) is 0.479. The first kappa shape index (κ1) is 15.5. The van der Waals surface area contributed by atoms with E-state index in [-0.39, 0.29) is 5.91 Å². The lowest BCUT2D eigenvalue weighted by Crippen LogP contribution is -2.24. The molecule has 4 aromatic rings. The van der Waals surface area contributed by atoms with E-state index in [0.29, 0.717) is 18.1 Å². The Morgan fingerprint density at radius 1 is 1.08 bits per heavy atom. The maximum absolute atomic E-state index is 12.3. The average molecular weight is 349 g/mol. The molecule has 0 saturated heterocycles. The van der Waals surface area contributed by atoms with Crippen LogP contribution < -0.4 is 5.32 Å². The molecule has 0 aliphatic carbocycles. The van der Waals surface area contributed by atoms with Gasteiger partial charge in [0.1, 0.15) is 5.69 Å². The molecule has 25 heavy (non-hydrogen) atoms. The number of hydrogen-bond acceptors (Lipinski definition) is 5. The summed E-state index contributed by atoms with van der Waals surface area (Å²) in [5.41, 5.74) is 2.37. The van der Waals surface area contributed by atoms with Crippen molar-refractivity contribution in [3.63, 3.8) is 0 Å². The largest absolute Gasteiger partial charge is 0.343 e. The molecular weight excluding hydrogens is 334 g/mol. The number of fused-ring (bicyclic) bond motifs is 1. The van der Waals surface area contributed by atoms with Crippen LogP contribution in [0.5, 0.6) is 0 Å². The lowest BCUT2D eigenvalue weighted by atomic mass is 10.2. The van der Waals surface area contributed by atoms with E-state index in [1.807, 2.05) is 47.0 Å². The maximum atomic E-state index is 12.3. The van der Waals surface area contributed by atoms with Crippen LogP contribution in [0.3, 0.4) is 0 Å². The molecule has 0 aliphatic rings. The Balaban J connectivity index is 1.41. The Labute approximate surface area is 148 Å². The number of nitrogens with one attached hydrogen (secondary N) is 1. The van der Waals surface area contributed by atoms with Crippen molar-refractivity contribution in [2.45, 2.75) is 13.0 Å². The quantitative estimate of drug-likeness (QED) is 0.601. The molecule has 0 bridgehead atoms. The van der Waals surface area contributed by atoms with E-state index in [9.17, 15) is 4.79 Å². The van der Waals surface area contributed by atoms with E-state index >= 15 is 0 Å². The maximum Gasteiger partial charge on any atom is 0.271 e. The molecular formula is C18H15N5OS. The van der Waals surface area contributed by atoms with Crippen molar-refractivity contribution in [2.24, 2.45) is 0 Å². The molecule has 1 N–H and O–H groups in total. The van der Waals surface area contributed by atoms with Crippen LogP contribution in [0.2, 0.25) is 0 Å². The van der Waals surface area contributed by atoms with E-state index in [0.717, 1.165) is 17.1 Å². The summed E-state index contributed by atoms with van der Waals surface area (Å²) < 4.78 is 1.85. The van der Waals surface area contributed by atoms with Crippen LogP contribution in [0.1, 0.15) is 26.9 Å². The Morgan fingerprint density at radius 2 is 1.92 bits per heavy atom. The summed E-state index contributed by atoms with van der Waals surface area (Å²) >= 11 is 1.49. The van der Waals surface area contributed by atoms with E-state index in [1.165, 1.54) is 16.9 Å². The van der Waals surface area contributed by atoms with Gasteiger partial charge >= 0.3 is 0 Å². The lowest BCUT2D eigenvalue weighted by Gasteiger charge is -2.02. The van der Waals surface area contributed by atoms with Gasteiger partial charge < -0.3 is 5.32 Å². The highest BCUT2D eigenvalue weighted by Crippen LogP contribution is 2.15. The van der Waals surface area contributed by atoms with Crippen molar-refractivity contribution in [1.29, 1.82) is 0 Å². The fourth-order valence-electron chi connectivity index (χ4n) is 2.53. The van der Waals surface area contributed by atoms with Gasteiger partial charge in [-0.05, 0) is 17.7 Å². The standard InChI is InChI=1S/C18H15N5OS/c24-18(19-11-16-22-21-15-8-4-5-9-23(15)16)14-12-25-17(20-14)10-13-6-2-1-3-7-13/h1-9,12H,10-11H2,(H,19,24). The summed E-state index contributed by atoms with van der Waals surface area (Å²) in [7, 11) is 0. The molecule has 0 unspecified atom stereocenters. The second-order valence-electron chi connectivity index (χ2n) is 5.52. The Hall–Kier alpha value is -3.06. The molecule has 0 fully saturated rings.